The predicted molar refractivity (Wildman–Crippen MR) is 107 cm³/mol. The van der Waals surface area contributed by atoms with Gasteiger partial charge >= 0.3 is 0 Å². The highest BCUT2D eigenvalue weighted by Crippen LogP contribution is 2.37. The van der Waals surface area contributed by atoms with Crippen molar-refractivity contribution in [2.45, 2.75) is 48.3 Å². The van der Waals surface area contributed by atoms with Crippen LogP contribution in [0.1, 0.15) is 41.6 Å². The lowest BCUT2D eigenvalue weighted by Gasteiger charge is -2.28. The Morgan fingerprint density at radius 1 is 1.13 bits per heavy atom. The number of benzene rings is 1. The van der Waals surface area contributed by atoms with Crippen LogP contribution in [-0.4, -0.2) is 34.9 Å². The fourth-order valence-corrected chi connectivity index (χ4v) is 5.41. The molecule has 1 N–H and O–H groups in total. The fourth-order valence-electron chi connectivity index (χ4n) is 3.65. The van der Waals surface area contributed by atoms with E-state index in [2.05, 4.69) is 10.3 Å². The Kier molecular flexibility index (Phi) is 5.31. The third-order valence-electron chi connectivity index (χ3n) is 5.46. The molecule has 30 heavy (non-hydrogen) atoms. The molecule has 0 radical (unpaired) electrons. The molecule has 1 aromatic carbocycles. The number of alkyl halides is 2. The number of imidazole rings is 1. The molecule has 1 amide bonds. The molecule has 1 saturated carbocycles. The van der Waals surface area contributed by atoms with Gasteiger partial charge in [0.2, 0.25) is 5.92 Å². The van der Waals surface area contributed by atoms with E-state index in [1.54, 1.807) is 47.3 Å². The Morgan fingerprint density at radius 3 is 2.53 bits per heavy atom. The molecule has 4 rings (SSSR count). The first-order chi connectivity index (χ1) is 14.2. The Balaban J connectivity index is 1.39. The summed E-state index contributed by atoms with van der Waals surface area (Å²) in [6, 6.07) is 9.63. The largest absolute Gasteiger partial charge is 0.348 e. The summed E-state index contributed by atoms with van der Waals surface area (Å²) < 4.78 is 53.8. The van der Waals surface area contributed by atoms with Crippen LogP contribution >= 0.6 is 0 Å². The number of hydrogen-bond donors (Lipinski definition) is 1. The minimum absolute atomic E-state index is 0.0333. The molecule has 0 bridgehead atoms. The van der Waals surface area contributed by atoms with Gasteiger partial charge in [0, 0.05) is 38.0 Å². The summed E-state index contributed by atoms with van der Waals surface area (Å²) in [7, 11) is -3.65. The van der Waals surface area contributed by atoms with E-state index in [-0.39, 0.29) is 30.2 Å². The molecule has 2 heterocycles. The first kappa shape index (κ1) is 20.5. The Labute approximate surface area is 172 Å². The topological polar surface area (TPSA) is 80.5 Å². The molecule has 0 saturated heterocycles. The van der Waals surface area contributed by atoms with Gasteiger partial charge in [-0.3, -0.25) is 4.79 Å². The Bertz CT molecular complexity index is 1160. The molecule has 0 unspecified atom stereocenters. The molecule has 158 valence electrons. The number of aromatic nitrogens is 2. The highest BCUT2D eigenvalue weighted by atomic mass is 32.2. The standard InChI is InChI=1S/C21H21F2N3O3S/c22-21(23)9-7-18(8-10-21)30(28,29)17-4-1-15(2-5-17)13-25-20(27)16-3-6-19-24-11-12-26(19)14-16/h1-6,11-12,14,18H,7-10,13H2,(H,25,27). The van der Waals surface area contributed by atoms with Gasteiger partial charge in [-0.2, -0.15) is 0 Å². The van der Waals surface area contributed by atoms with Gasteiger partial charge in [0.15, 0.2) is 9.84 Å². The maximum Gasteiger partial charge on any atom is 0.253 e. The van der Waals surface area contributed by atoms with Gasteiger partial charge in [-0.15, -0.1) is 0 Å². The zero-order chi connectivity index (χ0) is 21.4. The van der Waals surface area contributed by atoms with Crippen molar-refractivity contribution in [3.8, 4) is 0 Å². The number of sulfone groups is 1. The van der Waals surface area contributed by atoms with Crippen LogP contribution in [0.3, 0.4) is 0 Å². The van der Waals surface area contributed by atoms with E-state index in [1.807, 2.05) is 0 Å². The predicted octanol–water partition coefficient (Wildman–Crippen LogP) is 3.62. The van der Waals surface area contributed by atoms with Crippen molar-refractivity contribution in [3.05, 3.63) is 66.1 Å². The number of carbonyl (C=O) groups is 1. The number of nitrogens with one attached hydrogen (secondary N) is 1. The van der Waals surface area contributed by atoms with Gasteiger partial charge in [-0.25, -0.2) is 22.2 Å². The Morgan fingerprint density at radius 2 is 1.83 bits per heavy atom. The first-order valence-corrected chi connectivity index (χ1v) is 11.2. The summed E-state index contributed by atoms with van der Waals surface area (Å²) in [5, 5.41) is 2.02. The highest BCUT2D eigenvalue weighted by molar-refractivity contribution is 7.92. The number of pyridine rings is 1. The van der Waals surface area contributed by atoms with Crippen molar-refractivity contribution in [2.24, 2.45) is 0 Å². The zero-order valence-corrected chi connectivity index (χ0v) is 16.9. The average molecular weight is 433 g/mol. The van der Waals surface area contributed by atoms with Crippen LogP contribution in [0.4, 0.5) is 8.78 Å². The lowest BCUT2D eigenvalue weighted by Crippen LogP contribution is -2.32. The van der Waals surface area contributed by atoms with E-state index in [1.165, 1.54) is 12.1 Å². The molecular weight excluding hydrogens is 412 g/mol. The van der Waals surface area contributed by atoms with Crippen molar-refractivity contribution in [3.63, 3.8) is 0 Å². The molecule has 0 aliphatic heterocycles. The van der Waals surface area contributed by atoms with Crippen molar-refractivity contribution in [1.82, 2.24) is 14.7 Å². The van der Waals surface area contributed by atoms with E-state index in [0.717, 1.165) is 11.2 Å². The van der Waals surface area contributed by atoms with E-state index in [4.69, 9.17) is 0 Å². The summed E-state index contributed by atoms with van der Waals surface area (Å²) in [5.74, 6) is -3.03. The number of fused-ring (bicyclic) bond motifs is 1. The quantitative estimate of drug-likeness (QED) is 0.667. The number of carbonyl (C=O) groups excluding carboxylic acids is 1. The Hall–Kier alpha value is -2.81. The lowest BCUT2D eigenvalue weighted by atomic mass is 9.96. The average Bonchev–Trinajstić information content (AvgIpc) is 3.20. The molecule has 1 aliphatic carbocycles. The van der Waals surface area contributed by atoms with Gasteiger partial charge in [-0.05, 0) is 42.7 Å². The molecule has 0 spiro atoms. The van der Waals surface area contributed by atoms with Crippen LogP contribution in [0.15, 0.2) is 59.9 Å². The molecule has 3 aromatic rings. The first-order valence-electron chi connectivity index (χ1n) is 9.66. The monoisotopic (exact) mass is 433 g/mol. The van der Waals surface area contributed by atoms with Crippen LogP contribution in [-0.2, 0) is 16.4 Å². The van der Waals surface area contributed by atoms with Gasteiger partial charge in [0.05, 0.1) is 15.7 Å². The second-order valence-corrected chi connectivity index (χ2v) is 9.77. The van der Waals surface area contributed by atoms with Crippen molar-refractivity contribution in [1.29, 1.82) is 0 Å². The lowest BCUT2D eigenvalue weighted by molar-refractivity contribution is -0.0328. The van der Waals surface area contributed by atoms with Gasteiger partial charge in [0.1, 0.15) is 5.65 Å². The molecule has 1 fully saturated rings. The van der Waals surface area contributed by atoms with Gasteiger partial charge < -0.3 is 9.72 Å². The van der Waals surface area contributed by atoms with E-state index >= 15 is 0 Å². The third kappa shape index (κ3) is 4.21. The molecule has 2 aromatic heterocycles. The second-order valence-electron chi connectivity index (χ2n) is 7.54. The smallest absolute Gasteiger partial charge is 0.253 e. The molecular formula is C21H21F2N3O3S. The zero-order valence-electron chi connectivity index (χ0n) is 16.1. The van der Waals surface area contributed by atoms with Crippen molar-refractivity contribution >= 4 is 21.4 Å². The van der Waals surface area contributed by atoms with Gasteiger partial charge in [-0.1, -0.05) is 12.1 Å². The molecule has 6 nitrogen and oxygen atoms in total. The summed E-state index contributed by atoms with van der Waals surface area (Å²) in [5.41, 5.74) is 1.96. The molecule has 1 aliphatic rings. The van der Waals surface area contributed by atoms with Crippen LogP contribution < -0.4 is 5.32 Å². The highest BCUT2D eigenvalue weighted by Gasteiger charge is 2.40. The summed E-state index contributed by atoms with van der Waals surface area (Å²) in [4.78, 5) is 16.6. The van der Waals surface area contributed by atoms with Crippen molar-refractivity contribution in [2.75, 3.05) is 0 Å². The molecule has 0 atom stereocenters. The third-order valence-corrected chi connectivity index (χ3v) is 7.74. The van der Waals surface area contributed by atoms with Crippen LogP contribution in [0.25, 0.3) is 5.65 Å². The fraction of sp³-hybridized carbons (Fsp3) is 0.333. The normalized spacial score (nSPS) is 17.1. The summed E-state index contributed by atoms with van der Waals surface area (Å²) >= 11 is 0. The number of rotatable bonds is 5. The van der Waals surface area contributed by atoms with E-state index in [9.17, 15) is 22.0 Å². The van der Waals surface area contributed by atoms with E-state index < -0.39 is 33.9 Å². The SMILES string of the molecule is O=C(NCc1ccc(S(=O)(=O)C2CCC(F)(F)CC2)cc1)c1ccc2nccn2c1. The summed E-state index contributed by atoms with van der Waals surface area (Å²) in [6.45, 7) is 0.233. The maximum absolute atomic E-state index is 13.3. The number of nitrogens with zero attached hydrogens (tertiary/aromatic N) is 2. The van der Waals surface area contributed by atoms with Crippen LogP contribution in [0.2, 0.25) is 0 Å². The minimum atomic E-state index is -3.65. The second kappa shape index (κ2) is 7.79. The number of halogens is 2. The maximum atomic E-state index is 13.3. The van der Waals surface area contributed by atoms with E-state index in [0.29, 0.717) is 5.56 Å². The minimum Gasteiger partial charge on any atom is -0.348 e. The summed E-state index contributed by atoms with van der Waals surface area (Å²) in [6.07, 6.45) is 4.21. The van der Waals surface area contributed by atoms with Gasteiger partial charge in [0.25, 0.3) is 5.91 Å². The van der Waals surface area contributed by atoms with Crippen LogP contribution in [0.5, 0.6) is 0 Å². The number of hydrogen-bond acceptors (Lipinski definition) is 4. The van der Waals surface area contributed by atoms with Crippen LogP contribution in [0, 0.1) is 0 Å². The van der Waals surface area contributed by atoms with Crippen molar-refractivity contribution < 1.29 is 22.0 Å². The number of amides is 1. The molecule has 9 heteroatoms.